The van der Waals surface area contributed by atoms with E-state index in [0.717, 1.165) is 16.9 Å². The summed E-state index contributed by atoms with van der Waals surface area (Å²) in [4.78, 5) is 0. The molecule has 0 amide bonds. The average molecular weight is 336 g/mol. The molecule has 0 aliphatic carbocycles. The van der Waals surface area contributed by atoms with Gasteiger partial charge in [-0.2, -0.15) is 0 Å². The van der Waals surface area contributed by atoms with E-state index < -0.39 is 0 Å². The Hall–Kier alpha value is -1.59. The molecule has 0 radical (unpaired) electrons. The van der Waals surface area contributed by atoms with E-state index in [9.17, 15) is 0 Å². The van der Waals surface area contributed by atoms with Crippen molar-refractivity contribution in [2.24, 2.45) is 0 Å². The molecule has 0 bridgehead atoms. The summed E-state index contributed by atoms with van der Waals surface area (Å²) in [5.74, 6) is 0.821. The van der Waals surface area contributed by atoms with E-state index in [-0.39, 0.29) is 6.61 Å². The summed E-state index contributed by atoms with van der Waals surface area (Å²) < 4.78 is 11.1. The zero-order valence-electron chi connectivity index (χ0n) is 13.0. The molecule has 0 aromatic heterocycles. The predicted molar refractivity (Wildman–Crippen MR) is 91.8 cm³/mol. The van der Waals surface area contributed by atoms with Crippen LogP contribution < -0.4 is 10.1 Å². The Morgan fingerprint density at radius 2 is 1.87 bits per heavy atom. The van der Waals surface area contributed by atoms with Crippen LogP contribution >= 0.6 is 11.6 Å². The number of aliphatic hydroxyl groups excluding tert-OH is 1. The van der Waals surface area contributed by atoms with Gasteiger partial charge in [0.1, 0.15) is 12.4 Å². The van der Waals surface area contributed by atoms with Crippen LogP contribution in [0.15, 0.2) is 48.5 Å². The van der Waals surface area contributed by atoms with Crippen molar-refractivity contribution < 1.29 is 14.6 Å². The fourth-order valence-corrected chi connectivity index (χ4v) is 2.29. The lowest BCUT2D eigenvalue weighted by molar-refractivity contribution is 0.0937. The molecule has 2 aromatic carbocycles. The highest BCUT2D eigenvalue weighted by molar-refractivity contribution is 6.30. The summed E-state index contributed by atoms with van der Waals surface area (Å²) in [6, 6.07) is 15.7. The zero-order valence-corrected chi connectivity index (χ0v) is 13.8. The van der Waals surface area contributed by atoms with Gasteiger partial charge in [-0.25, -0.2) is 0 Å². The average Bonchev–Trinajstić information content (AvgIpc) is 2.58. The molecule has 0 spiro atoms. The highest BCUT2D eigenvalue weighted by atomic mass is 35.5. The summed E-state index contributed by atoms with van der Waals surface area (Å²) in [5.41, 5.74) is 2.13. The number of rotatable bonds is 10. The van der Waals surface area contributed by atoms with E-state index in [1.54, 1.807) is 0 Å². The van der Waals surface area contributed by atoms with Crippen LogP contribution in [0.5, 0.6) is 5.75 Å². The van der Waals surface area contributed by atoms with Gasteiger partial charge in [0, 0.05) is 23.7 Å². The molecular formula is C18H22ClNO3. The number of hydrogen-bond acceptors (Lipinski definition) is 4. The monoisotopic (exact) mass is 335 g/mol. The number of hydrogen-bond donors (Lipinski definition) is 2. The van der Waals surface area contributed by atoms with Crippen molar-refractivity contribution in [1.82, 2.24) is 5.32 Å². The van der Waals surface area contributed by atoms with Crippen molar-refractivity contribution in [1.29, 1.82) is 0 Å². The summed E-state index contributed by atoms with van der Waals surface area (Å²) in [5, 5.41) is 12.6. The molecule has 23 heavy (non-hydrogen) atoms. The minimum absolute atomic E-state index is 0.0474. The normalized spacial score (nSPS) is 10.7. The van der Waals surface area contributed by atoms with Gasteiger partial charge in [0.15, 0.2) is 0 Å². The van der Waals surface area contributed by atoms with E-state index in [0.29, 0.717) is 37.9 Å². The third-order valence-corrected chi connectivity index (χ3v) is 3.47. The Morgan fingerprint density at radius 1 is 1.04 bits per heavy atom. The second kappa shape index (κ2) is 10.2. The maximum Gasteiger partial charge on any atom is 0.124 e. The molecule has 0 unspecified atom stereocenters. The highest BCUT2D eigenvalue weighted by Gasteiger charge is 2.05. The van der Waals surface area contributed by atoms with Crippen LogP contribution in [0, 0.1) is 0 Å². The summed E-state index contributed by atoms with van der Waals surface area (Å²) >= 11 is 6.08. The Kier molecular flexibility index (Phi) is 7.90. The van der Waals surface area contributed by atoms with Crippen LogP contribution in [0.25, 0.3) is 0 Å². The Labute approximate surface area is 142 Å². The third kappa shape index (κ3) is 6.59. The van der Waals surface area contributed by atoms with Crippen LogP contribution in [0.1, 0.15) is 11.1 Å². The standard InChI is InChI=1S/C18H22ClNO3/c19-17-6-7-18(23-14-15-4-2-1-3-5-15)16(12-17)13-20-8-10-22-11-9-21/h1-7,12,20-21H,8-11,13-14H2. The van der Waals surface area contributed by atoms with Gasteiger partial charge < -0.3 is 19.9 Å². The molecule has 0 fully saturated rings. The maximum absolute atomic E-state index is 8.64. The van der Waals surface area contributed by atoms with Crippen LogP contribution in [0.4, 0.5) is 0 Å². The molecule has 2 aromatic rings. The van der Waals surface area contributed by atoms with E-state index >= 15 is 0 Å². The molecule has 124 valence electrons. The number of benzene rings is 2. The molecule has 0 saturated carbocycles. The molecule has 5 heteroatoms. The molecular weight excluding hydrogens is 314 g/mol. The van der Waals surface area contributed by atoms with Crippen LogP contribution in [0.3, 0.4) is 0 Å². The quantitative estimate of drug-likeness (QED) is 0.655. The van der Waals surface area contributed by atoms with Crippen LogP contribution in [-0.4, -0.2) is 31.5 Å². The molecule has 0 heterocycles. The first-order valence-electron chi connectivity index (χ1n) is 7.64. The topological polar surface area (TPSA) is 50.7 Å². The van der Waals surface area contributed by atoms with Crippen molar-refractivity contribution >= 4 is 11.6 Å². The smallest absolute Gasteiger partial charge is 0.124 e. The number of ether oxygens (including phenoxy) is 2. The third-order valence-electron chi connectivity index (χ3n) is 3.23. The first-order chi connectivity index (χ1) is 11.3. The van der Waals surface area contributed by atoms with Crippen molar-refractivity contribution in [2.45, 2.75) is 13.2 Å². The lowest BCUT2D eigenvalue weighted by Gasteiger charge is -2.13. The van der Waals surface area contributed by atoms with Crippen molar-refractivity contribution in [2.75, 3.05) is 26.4 Å². The predicted octanol–water partition coefficient (Wildman–Crippen LogP) is 3.02. The van der Waals surface area contributed by atoms with Gasteiger partial charge in [0.05, 0.1) is 19.8 Å². The number of nitrogens with one attached hydrogen (secondary N) is 1. The lowest BCUT2D eigenvalue weighted by Crippen LogP contribution is -2.20. The van der Waals surface area contributed by atoms with E-state index in [2.05, 4.69) is 5.32 Å². The molecule has 0 saturated heterocycles. The molecule has 0 aliphatic heterocycles. The van der Waals surface area contributed by atoms with Gasteiger partial charge in [-0.05, 0) is 23.8 Å². The van der Waals surface area contributed by atoms with E-state index in [1.807, 2.05) is 48.5 Å². The molecule has 0 atom stereocenters. The number of aliphatic hydroxyl groups is 1. The summed E-state index contributed by atoms with van der Waals surface area (Å²) in [7, 11) is 0. The van der Waals surface area contributed by atoms with Gasteiger partial charge in [-0.1, -0.05) is 41.9 Å². The minimum atomic E-state index is 0.0474. The Balaban J connectivity index is 1.86. The van der Waals surface area contributed by atoms with Crippen LogP contribution in [0.2, 0.25) is 5.02 Å². The highest BCUT2D eigenvalue weighted by Crippen LogP contribution is 2.23. The molecule has 4 nitrogen and oxygen atoms in total. The van der Waals surface area contributed by atoms with Crippen molar-refractivity contribution in [3.8, 4) is 5.75 Å². The molecule has 0 aliphatic rings. The fourth-order valence-electron chi connectivity index (χ4n) is 2.10. The molecule has 2 N–H and O–H groups in total. The summed E-state index contributed by atoms with van der Waals surface area (Å²) in [6.45, 7) is 2.84. The first kappa shape index (κ1) is 17.8. The SMILES string of the molecule is OCCOCCNCc1cc(Cl)ccc1OCc1ccccc1. The second-order valence-electron chi connectivity index (χ2n) is 5.04. The van der Waals surface area contributed by atoms with Gasteiger partial charge >= 0.3 is 0 Å². The maximum atomic E-state index is 8.64. The number of halogens is 1. The molecule has 2 rings (SSSR count). The lowest BCUT2D eigenvalue weighted by atomic mass is 10.2. The minimum Gasteiger partial charge on any atom is -0.489 e. The fraction of sp³-hybridized carbons (Fsp3) is 0.333. The summed E-state index contributed by atoms with van der Waals surface area (Å²) in [6.07, 6.45) is 0. The van der Waals surface area contributed by atoms with Gasteiger partial charge in [-0.3, -0.25) is 0 Å². The van der Waals surface area contributed by atoms with E-state index in [1.165, 1.54) is 0 Å². The first-order valence-corrected chi connectivity index (χ1v) is 8.02. The van der Waals surface area contributed by atoms with E-state index in [4.69, 9.17) is 26.2 Å². The Morgan fingerprint density at radius 3 is 2.65 bits per heavy atom. The largest absolute Gasteiger partial charge is 0.489 e. The Bertz CT molecular complexity index is 578. The van der Waals surface area contributed by atoms with Crippen molar-refractivity contribution in [3.63, 3.8) is 0 Å². The van der Waals surface area contributed by atoms with Crippen LogP contribution in [-0.2, 0) is 17.9 Å². The van der Waals surface area contributed by atoms with Gasteiger partial charge in [-0.15, -0.1) is 0 Å². The van der Waals surface area contributed by atoms with Gasteiger partial charge in [0.2, 0.25) is 0 Å². The second-order valence-corrected chi connectivity index (χ2v) is 5.48. The van der Waals surface area contributed by atoms with Crippen molar-refractivity contribution in [3.05, 3.63) is 64.7 Å². The van der Waals surface area contributed by atoms with Gasteiger partial charge in [0.25, 0.3) is 0 Å². The zero-order chi connectivity index (χ0) is 16.3.